The molecule has 0 spiro atoms. The molecule has 0 bridgehead atoms. The van der Waals surface area contributed by atoms with Crippen LogP contribution < -0.4 is 10.6 Å². The number of amides is 2. The molecule has 0 radical (unpaired) electrons. The van der Waals surface area contributed by atoms with Crippen LogP contribution in [0.4, 0.5) is 14.3 Å². The molecule has 24 heavy (non-hydrogen) atoms. The van der Waals surface area contributed by atoms with Crippen molar-refractivity contribution in [3.05, 3.63) is 35.7 Å². The lowest BCUT2D eigenvalue weighted by Crippen LogP contribution is -2.43. The van der Waals surface area contributed by atoms with Gasteiger partial charge in [-0.25, -0.2) is 23.8 Å². The third kappa shape index (κ3) is 2.82. The zero-order valence-electron chi connectivity index (χ0n) is 12.9. The van der Waals surface area contributed by atoms with Crippen LogP contribution >= 0.6 is 11.3 Å². The van der Waals surface area contributed by atoms with E-state index < -0.39 is 0 Å². The second-order valence-electron chi connectivity index (χ2n) is 5.78. The molecule has 0 saturated carbocycles. The van der Waals surface area contributed by atoms with E-state index in [2.05, 4.69) is 25.7 Å². The Hall–Kier alpha value is -2.55. The average Bonchev–Trinajstić information content (AvgIpc) is 3.13. The van der Waals surface area contributed by atoms with E-state index >= 15 is 0 Å². The van der Waals surface area contributed by atoms with E-state index in [0.717, 1.165) is 23.4 Å². The summed E-state index contributed by atoms with van der Waals surface area (Å²) in [7, 11) is 0. The van der Waals surface area contributed by atoms with Crippen molar-refractivity contribution in [2.75, 3.05) is 5.32 Å². The number of rotatable bonds is 2. The molecule has 2 N–H and O–H groups in total. The average molecular weight is 346 g/mol. The molecule has 4 rings (SSSR count). The highest BCUT2D eigenvalue weighted by Crippen LogP contribution is 2.28. The van der Waals surface area contributed by atoms with Crippen LogP contribution in [0.3, 0.4) is 0 Å². The Morgan fingerprint density at radius 2 is 2.33 bits per heavy atom. The molecule has 9 heteroatoms. The van der Waals surface area contributed by atoms with Crippen molar-refractivity contribution in [1.82, 2.24) is 25.1 Å². The number of halogens is 1. The lowest BCUT2D eigenvalue weighted by Gasteiger charge is -2.23. The number of carbonyl (C=O) groups excluding carboxylic acids is 1. The maximum Gasteiger partial charge on any atom is 0.321 e. The van der Waals surface area contributed by atoms with Crippen molar-refractivity contribution >= 4 is 32.7 Å². The Labute approximate surface area is 140 Å². The van der Waals surface area contributed by atoms with Crippen molar-refractivity contribution in [3.63, 3.8) is 0 Å². The third-order valence-electron chi connectivity index (χ3n) is 4.03. The van der Waals surface area contributed by atoms with E-state index in [4.69, 9.17) is 0 Å². The molecule has 0 aliphatic carbocycles. The molecule has 1 atom stereocenters. The predicted octanol–water partition coefficient (Wildman–Crippen LogP) is 2.47. The summed E-state index contributed by atoms with van der Waals surface area (Å²) in [6.45, 7) is 2.31. The fourth-order valence-electron chi connectivity index (χ4n) is 2.78. The largest absolute Gasteiger partial charge is 0.333 e. The van der Waals surface area contributed by atoms with Gasteiger partial charge in [0, 0.05) is 12.5 Å². The van der Waals surface area contributed by atoms with Gasteiger partial charge in [0.25, 0.3) is 0 Å². The first-order valence-electron chi connectivity index (χ1n) is 7.59. The summed E-state index contributed by atoms with van der Waals surface area (Å²) in [5, 5.41) is 10.2. The number of aryl methyl sites for hydroxylation is 2. The van der Waals surface area contributed by atoms with Gasteiger partial charge in [-0.05, 0) is 25.0 Å². The van der Waals surface area contributed by atoms with E-state index in [9.17, 15) is 9.18 Å². The molecule has 1 aromatic carbocycles. The number of hydrogen-bond acceptors (Lipinski definition) is 5. The smallest absolute Gasteiger partial charge is 0.321 e. The number of urea groups is 1. The van der Waals surface area contributed by atoms with Crippen molar-refractivity contribution in [1.29, 1.82) is 0 Å². The van der Waals surface area contributed by atoms with Gasteiger partial charge >= 0.3 is 6.03 Å². The standard InChI is InChI=1S/C15H15FN6OS/c1-8-4-12-11(5-10(8)16)20-15(24-12)21-14(23)19-9-2-3-13-17-7-18-22(13)6-9/h4-5,7,9H,2-3,6H2,1H3,(H2,19,20,21,23)/t9-/m1/s1. The van der Waals surface area contributed by atoms with Gasteiger partial charge in [0.2, 0.25) is 0 Å². The van der Waals surface area contributed by atoms with Gasteiger partial charge in [0.05, 0.1) is 22.8 Å². The minimum absolute atomic E-state index is 0.00623. The van der Waals surface area contributed by atoms with Gasteiger partial charge in [-0.2, -0.15) is 5.10 Å². The fraction of sp³-hybridized carbons (Fsp3) is 0.333. The van der Waals surface area contributed by atoms with E-state index in [0.29, 0.717) is 22.8 Å². The van der Waals surface area contributed by atoms with Gasteiger partial charge in [0.1, 0.15) is 18.0 Å². The van der Waals surface area contributed by atoms with Crippen LogP contribution in [-0.2, 0) is 13.0 Å². The van der Waals surface area contributed by atoms with Gasteiger partial charge < -0.3 is 5.32 Å². The lowest BCUT2D eigenvalue weighted by atomic mass is 10.1. The summed E-state index contributed by atoms with van der Waals surface area (Å²) in [5.41, 5.74) is 1.11. The van der Waals surface area contributed by atoms with Crippen molar-refractivity contribution in [2.24, 2.45) is 0 Å². The number of thiazole rings is 1. The first-order chi connectivity index (χ1) is 11.6. The number of carbonyl (C=O) groups is 1. The molecule has 124 valence electrons. The van der Waals surface area contributed by atoms with E-state index in [1.165, 1.54) is 23.7 Å². The van der Waals surface area contributed by atoms with Crippen LogP contribution in [0.15, 0.2) is 18.5 Å². The number of anilines is 1. The monoisotopic (exact) mass is 346 g/mol. The van der Waals surface area contributed by atoms with Crippen molar-refractivity contribution in [3.8, 4) is 0 Å². The molecule has 2 aromatic heterocycles. The quantitative estimate of drug-likeness (QED) is 0.746. The summed E-state index contributed by atoms with van der Waals surface area (Å²) in [4.78, 5) is 20.6. The van der Waals surface area contributed by atoms with Gasteiger partial charge in [-0.15, -0.1) is 0 Å². The molecule has 3 aromatic rings. The van der Waals surface area contributed by atoms with Gasteiger partial charge in [-0.3, -0.25) is 5.32 Å². The Kier molecular flexibility index (Phi) is 3.64. The van der Waals surface area contributed by atoms with Gasteiger partial charge in [0.15, 0.2) is 5.13 Å². The minimum atomic E-state index is -0.320. The highest BCUT2D eigenvalue weighted by atomic mass is 32.1. The number of hydrogen-bond donors (Lipinski definition) is 2. The van der Waals surface area contributed by atoms with E-state index in [-0.39, 0.29) is 17.9 Å². The maximum absolute atomic E-state index is 13.6. The molecule has 1 aliphatic heterocycles. The predicted molar refractivity (Wildman–Crippen MR) is 88.6 cm³/mol. The highest BCUT2D eigenvalue weighted by molar-refractivity contribution is 7.22. The molecule has 3 heterocycles. The van der Waals surface area contributed by atoms with Crippen LogP contribution in [-0.4, -0.2) is 31.8 Å². The molecular formula is C15H15FN6OS. The minimum Gasteiger partial charge on any atom is -0.333 e. The molecule has 0 saturated heterocycles. The summed E-state index contributed by atoms with van der Waals surface area (Å²) in [6.07, 6.45) is 3.13. The summed E-state index contributed by atoms with van der Waals surface area (Å²) < 4.78 is 16.2. The topological polar surface area (TPSA) is 84.7 Å². The van der Waals surface area contributed by atoms with Crippen molar-refractivity contribution < 1.29 is 9.18 Å². The molecule has 0 fully saturated rings. The molecule has 1 aliphatic rings. The Morgan fingerprint density at radius 1 is 1.46 bits per heavy atom. The van der Waals surface area contributed by atoms with Gasteiger partial charge in [-0.1, -0.05) is 11.3 Å². The summed E-state index contributed by atoms with van der Waals surface area (Å²) >= 11 is 1.32. The zero-order chi connectivity index (χ0) is 16.7. The molecule has 7 nitrogen and oxygen atoms in total. The van der Waals surface area contributed by atoms with Crippen LogP contribution in [0.25, 0.3) is 10.2 Å². The molecular weight excluding hydrogens is 331 g/mol. The Morgan fingerprint density at radius 3 is 3.21 bits per heavy atom. The summed E-state index contributed by atoms with van der Waals surface area (Å²) in [5.74, 6) is 0.645. The first kappa shape index (κ1) is 15.0. The number of nitrogens with zero attached hydrogens (tertiary/aromatic N) is 4. The fourth-order valence-corrected chi connectivity index (χ4v) is 3.72. The first-order valence-corrected chi connectivity index (χ1v) is 8.41. The normalized spacial score (nSPS) is 16.8. The SMILES string of the molecule is Cc1cc2sc(NC(=O)N[C@@H]3CCc4ncnn4C3)nc2cc1F. The van der Waals surface area contributed by atoms with E-state index in [1.54, 1.807) is 17.7 Å². The summed E-state index contributed by atoms with van der Waals surface area (Å²) in [6, 6.07) is 2.80. The zero-order valence-corrected chi connectivity index (χ0v) is 13.7. The second kappa shape index (κ2) is 5.82. The second-order valence-corrected chi connectivity index (χ2v) is 6.81. The number of aromatic nitrogens is 4. The molecule has 2 amide bonds. The Balaban J connectivity index is 1.43. The van der Waals surface area contributed by atoms with Crippen LogP contribution in [0.5, 0.6) is 0 Å². The number of nitrogens with one attached hydrogen (secondary N) is 2. The highest BCUT2D eigenvalue weighted by Gasteiger charge is 2.21. The number of fused-ring (bicyclic) bond motifs is 2. The van der Waals surface area contributed by atoms with Crippen LogP contribution in [0.2, 0.25) is 0 Å². The number of benzene rings is 1. The van der Waals surface area contributed by atoms with Crippen LogP contribution in [0, 0.1) is 12.7 Å². The molecule has 0 unspecified atom stereocenters. The Bertz CT molecular complexity index is 881. The van der Waals surface area contributed by atoms with Crippen molar-refractivity contribution in [2.45, 2.75) is 32.4 Å². The van der Waals surface area contributed by atoms with E-state index in [1.807, 2.05) is 0 Å². The lowest BCUT2D eigenvalue weighted by molar-refractivity contribution is 0.243. The van der Waals surface area contributed by atoms with Crippen LogP contribution in [0.1, 0.15) is 17.8 Å². The third-order valence-corrected chi connectivity index (χ3v) is 4.96. The maximum atomic E-state index is 13.6.